The van der Waals surface area contributed by atoms with E-state index in [-0.39, 0.29) is 5.91 Å². The molecule has 0 aliphatic carbocycles. The van der Waals surface area contributed by atoms with Crippen LogP contribution >= 0.6 is 12.2 Å². The molecule has 2 aromatic rings. The van der Waals surface area contributed by atoms with Crippen LogP contribution in [0.1, 0.15) is 24.8 Å². The minimum absolute atomic E-state index is 0.192. The van der Waals surface area contributed by atoms with E-state index in [2.05, 4.69) is 10.6 Å². The number of rotatable bonds is 8. The maximum Gasteiger partial charge on any atom is 0.227 e. The fourth-order valence-electron chi connectivity index (χ4n) is 3.35. The van der Waals surface area contributed by atoms with E-state index in [1.807, 2.05) is 47.4 Å². The monoisotopic (exact) mass is 413 g/mol. The van der Waals surface area contributed by atoms with Crippen LogP contribution in [0.5, 0.6) is 11.5 Å². The summed E-state index contributed by atoms with van der Waals surface area (Å²) in [7, 11) is 3.28. The third kappa shape index (κ3) is 5.60. The quantitative estimate of drug-likeness (QED) is 0.508. The first-order chi connectivity index (χ1) is 14.1. The number of nitrogens with zero attached hydrogens (tertiary/aromatic N) is 1. The van der Waals surface area contributed by atoms with Gasteiger partial charge < -0.3 is 25.0 Å². The average molecular weight is 414 g/mol. The first-order valence-corrected chi connectivity index (χ1v) is 10.2. The highest BCUT2D eigenvalue weighted by Gasteiger charge is 2.21. The molecule has 3 rings (SSSR count). The fourth-order valence-corrected chi connectivity index (χ4v) is 3.57. The summed E-state index contributed by atoms with van der Waals surface area (Å²) in [6, 6.07) is 13.8. The third-order valence-corrected chi connectivity index (χ3v) is 5.13. The van der Waals surface area contributed by atoms with E-state index >= 15 is 0 Å². The first-order valence-electron chi connectivity index (χ1n) is 9.77. The second kappa shape index (κ2) is 10.1. The number of hydrogen-bond donors (Lipinski definition) is 2. The number of carbonyl (C=O) groups is 1. The van der Waals surface area contributed by atoms with Crippen LogP contribution in [0.15, 0.2) is 42.5 Å². The molecule has 1 aliphatic heterocycles. The lowest BCUT2D eigenvalue weighted by molar-refractivity contribution is -0.117. The Hall–Kier alpha value is -2.80. The van der Waals surface area contributed by atoms with Crippen LogP contribution in [0.4, 0.5) is 11.4 Å². The summed E-state index contributed by atoms with van der Waals surface area (Å²) >= 11 is 5.37. The van der Waals surface area contributed by atoms with Gasteiger partial charge in [0.2, 0.25) is 5.91 Å². The molecule has 0 aromatic heterocycles. The van der Waals surface area contributed by atoms with E-state index in [0.29, 0.717) is 11.5 Å². The number of carbonyl (C=O) groups excluding carboxylic acids is 1. The van der Waals surface area contributed by atoms with Gasteiger partial charge in [-0.1, -0.05) is 6.07 Å². The van der Waals surface area contributed by atoms with Gasteiger partial charge in [-0.2, -0.15) is 0 Å². The van der Waals surface area contributed by atoms with E-state index in [9.17, 15) is 4.79 Å². The van der Waals surface area contributed by atoms with Crippen molar-refractivity contribution in [1.29, 1.82) is 0 Å². The Morgan fingerprint density at radius 2 is 1.86 bits per heavy atom. The number of thiocarbonyl (C=S) groups is 1. The van der Waals surface area contributed by atoms with Crippen LogP contribution in [0, 0.1) is 0 Å². The molecular weight excluding hydrogens is 386 g/mol. The number of ether oxygens (including phenoxy) is 2. The van der Waals surface area contributed by atoms with Crippen molar-refractivity contribution in [3.05, 3.63) is 48.0 Å². The van der Waals surface area contributed by atoms with Crippen molar-refractivity contribution in [2.75, 3.05) is 37.5 Å². The third-order valence-electron chi connectivity index (χ3n) is 4.89. The lowest BCUT2D eigenvalue weighted by Crippen LogP contribution is -2.29. The predicted octanol–water partition coefficient (Wildman–Crippen LogP) is 3.75. The van der Waals surface area contributed by atoms with Gasteiger partial charge in [0.1, 0.15) is 0 Å². The van der Waals surface area contributed by atoms with Crippen LogP contribution in [0.3, 0.4) is 0 Å². The molecule has 0 saturated carbocycles. The van der Waals surface area contributed by atoms with Crippen LogP contribution in [-0.2, 0) is 11.2 Å². The normalized spacial score (nSPS) is 13.3. The molecule has 1 fully saturated rings. The van der Waals surface area contributed by atoms with Gasteiger partial charge in [-0.25, -0.2) is 0 Å². The zero-order chi connectivity index (χ0) is 20.6. The van der Waals surface area contributed by atoms with Gasteiger partial charge in [0.25, 0.3) is 0 Å². The second-order valence-electron chi connectivity index (χ2n) is 6.87. The molecule has 2 N–H and O–H groups in total. The van der Waals surface area contributed by atoms with Crippen LogP contribution < -0.4 is 25.0 Å². The highest BCUT2D eigenvalue weighted by Crippen LogP contribution is 2.28. The molecule has 6 nitrogen and oxygen atoms in total. The van der Waals surface area contributed by atoms with E-state index in [1.54, 1.807) is 14.2 Å². The van der Waals surface area contributed by atoms with Crippen molar-refractivity contribution in [3.63, 3.8) is 0 Å². The van der Waals surface area contributed by atoms with Crippen molar-refractivity contribution >= 4 is 34.6 Å². The molecule has 0 atom stereocenters. The van der Waals surface area contributed by atoms with Crippen LogP contribution in [0.25, 0.3) is 0 Å². The summed E-state index contributed by atoms with van der Waals surface area (Å²) < 4.78 is 10.6. The second-order valence-corrected chi connectivity index (χ2v) is 7.28. The van der Waals surface area contributed by atoms with Crippen molar-refractivity contribution in [2.24, 2.45) is 0 Å². The maximum atomic E-state index is 11.8. The largest absolute Gasteiger partial charge is 0.493 e. The zero-order valence-electron chi connectivity index (χ0n) is 16.9. The summed E-state index contributed by atoms with van der Waals surface area (Å²) in [5.74, 6) is 1.67. The van der Waals surface area contributed by atoms with Gasteiger partial charge in [-0.3, -0.25) is 4.79 Å². The molecule has 29 heavy (non-hydrogen) atoms. The van der Waals surface area contributed by atoms with Crippen molar-refractivity contribution < 1.29 is 14.3 Å². The number of nitrogens with one attached hydrogen (secondary N) is 2. The lowest BCUT2D eigenvalue weighted by Gasteiger charge is -2.16. The maximum absolute atomic E-state index is 11.8. The van der Waals surface area contributed by atoms with Crippen molar-refractivity contribution in [2.45, 2.75) is 25.7 Å². The molecule has 2 aromatic carbocycles. The number of aryl methyl sites for hydroxylation is 1. The van der Waals surface area contributed by atoms with Crippen molar-refractivity contribution in [1.82, 2.24) is 5.32 Å². The van der Waals surface area contributed by atoms with E-state index < -0.39 is 0 Å². The Bertz CT molecular complexity index is 855. The average Bonchev–Trinajstić information content (AvgIpc) is 3.17. The Morgan fingerprint density at radius 1 is 1.10 bits per heavy atom. The SMILES string of the molecule is COc1ccc(CCCNC(=S)Nc2ccc(N3CCCC3=O)cc2)cc1OC. The number of methoxy groups -OCH3 is 2. The van der Waals surface area contributed by atoms with Gasteiger partial charge in [0, 0.05) is 30.9 Å². The summed E-state index contributed by atoms with van der Waals surface area (Å²) in [6.07, 6.45) is 3.41. The van der Waals surface area contributed by atoms with E-state index in [4.69, 9.17) is 21.7 Å². The molecule has 1 heterocycles. The fraction of sp³-hybridized carbons (Fsp3) is 0.364. The Balaban J connectivity index is 1.41. The van der Waals surface area contributed by atoms with Gasteiger partial charge >= 0.3 is 0 Å². The number of benzene rings is 2. The molecule has 1 saturated heterocycles. The smallest absolute Gasteiger partial charge is 0.227 e. The van der Waals surface area contributed by atoms with Crippen molar-refractivity contribution in [3.8, 4) is 11.5 Å². The standard InChI is InChI=1S/C22H27N3O3S/c1-27-19-12-7-16(15-20(19)28-2)5-3-13-23-22(29)24-17-8-10-18(11-9-17)25-14-4-6-21(25)26/h7-12,15H,3-6,13-14H2,1-2H3,(H2,23,24,29). The molecule has 0 unspecified atom stereocenters. The molecule has 0 radical (unpaired) electrons. The van der Waals surface area contributed by atoms with Gasteiger partial charge in [0.15, 0.2) is 16.6 Å². The molecule has 0 bridgehead atoms. The minimum atomic E-state index is 0.192. The molecular formula is C22H27N3O3S. The molecule has 7 heteroatoms. The van der Waals surface area contributed by atoms with Gasteiger partial charge in [-0.15, -0.1) is 0 Å². The van der Waals surface area contributed by atoms with E-state index in [1.165, 1.54) is 5.56 Å². The topological polar surface area (TPSA) is 62.8 Å². The van der Waals surface area contributed by atoms with E-state index in [0.717, 1.165) is 55.2 Å². The zero-order valence-corrected chi connectivity index (χ0v) is 17.7. The number of amides is 1. The minimum Gasteiger partial charge on any atom is -0.493 e. The van der Waals surface area contributed by atoms with Gasteiger partial charge in [-0.05, 0) is 73.4 Å². The molecule has 1 amide bonds. The Labute approximate surface area is 177 Å². The highest BCUT2D eigenvalue weighted by atomic mass is 32.1. The molecule has 1 aliphatic rings. The summed E-state index contributed by atoms with van der Waals surface area (Å²) in [4.78, 5) is 13.6. The molecule has 0 spiro atoms. The Kier molecular flexibility index (Phi) is 7.30. The number of anilines is 2. The van der Waals surface area contributed by atoms with Crippen LogP contribution in [-0.4, -0.2) is 38.3 Å². The summed E-state index contributed by atoms with van der Waals surface area (Å²) in [5.41, 5.74) is 3.03. The predicted molar refractivity (Wildman–Crippen MR) is 120 cm³/mol. The highest BCUT2D eigenvalue weighted by molar-refractivity contribution is 7.80. The first kappa shape index (κ1) is 20.9. The Morgan fingerprint density at radius 3 is 2.52 bits per heavy atom. The summed E-state index contributed by atoms with van der Waals surface area (Å²) in [5, 5.41) is 7.00. The summed E-state index contributed by atoms with van der Waals surface area (Å²) in [6.45, 7) is 1.56. The lowest BCUT2D eigenvalue weighted by atomic mass is 10.1. The number of hydrogen-bond acceptors (Lipinski definition) is 4. The van der Waals surface area contributed by atoms with Gasteiger partial charge in [0.05, 0.1) is 14.2 Å². The van der Waals surface area contributed by atoms with Crippen LogP contribution in [0.2, 0.25) is 0 Å². The molecule has 154 valence electrons.